The first-order chi connectivity index (χ1) is 12.7. The minimum Gasteiger partial charge on any atom is -0.475 e. The first-order valence-corrected chi connectivity index (χ1v) is 8.22. The number of aromatic nitrogens is 2. The van der Waals surface area contributed by atoms with Gasteiger partial charge in [0, 0.05) is 51.3 Å². The van der Waals surface area contributed by atoms with Gasteiger partial charge in [0.05, 0.1) is 18.2 Å². The Hall–Kier alpha value is -2.62. The maximum absolute atomic E-state index is 10.6. The third-order valence-electron chi connectivity index (χ3n) is 4.01. The molecule has 3 heterocycles. The zero-order valence-corrected chi connectivity index (χ0v) is 15.0. The van der Waals surface area contributed by atoms with Crippen molar-refractivity contribution in [2.75, 3.05) is 32.1 Å². The van der Waals surface area contributed by atoms with Crippen LogP contribution >= 0.6 is 0 Å². The number of hydrogen-bond acceptors (Lipinski definition) is 6. The molecular weight excluding hydrogens is 365 g/mol. The molecule has 0 spiro atoms. The Bertz CT molecular complexity index is 748. The Labute approximate surface area is 154 Å². The molecule has 0 saturated carbocycles. The SMILES string of the molecule is CN(C)c1ncnc2c1CCN(Cc1ccoc1)CC2.O=C(O)C(F)(F)F. The Balaban J connectivity index is 0.000000321. The minimum atomic E-state index is -5.08. The van der Waals surface area contributed by atoms with Gasteiger partial charge in [0.2, 0.25) is 0 Å². The number of carbonyl (C=O) groups is 1. The van der Waals surface area contributed by atoms with Gasteiger partial charge >= 0.3 is 12.1 Å². The van der Waals surface area contributed by atoms with Gasteiger partial charge < -0.3 is 14.4 Å². The van der Waals surface area contributed by atoms with E-state index in [9.17, 15) is 13.2 Å². The molecular formula is C17H21F3N4O3. The Morgan fingerprint density at radius 3 is 2.52 bits per heavy atom. The molecule has 0 unspecified atom stereocenters. The molecule has 3 rings (SSSR count). The predicted molar refractivity (Wildman–Crippen MR) is 91.4 cm³/mol. The van der Waals surface area contributed by atoms with E-state index in [4.69, 9.17) is 14.3 Å². The highest BCUT2D eigenvalue weighted by Gasteiger charge is 2.38. The lowest BCUT2D eigenvalue weighted by Crippen LogP contribution is -2.25. The summed E-state index contributed by atoms with van der Waals surface area (Å²) in [6.07, 6.45) is 2.14. The van der Waals surface area contributed by atoms with Crippen molar-refractivity contribution in [2.45, 2.75) is 25.6 Å². The monoisotopic (exact) mass is 386 g/mol. The van der Waals surface area contributed by atoms with Crippen molar-refractivity contribution in [3.8, 4) is 0 Å². The summed E-state index contributed by atoms with van der Waals surface area (Å²) in [7, 11) is 4.08. The second kappa shape index (κ2) is 8.85. The molecule has 10 heteroatoms. The number of hydrogen-bond donors (Lipinski definition) is 1. The van der Waals surface area contributed by atoms with E-state index < -0.39 is 12.1 Å². The average molecular weight is 386 g/mol. The molecule has 0 atom stereocenters. The van der Waals surface area contributed by atoms with Crippen LogP contribution in [0, 0.1) is 0 Å². The lowest BCUT2D eigenvalue weighted by atomic mass is 10.1. The highest BCUT2D eigenvalue weighted by Crippen LogP contribution is 2.22. The van der Waals surface area contributed by atoms with E-state index in [1.54, 1.807) is 12.6 Å². The van der Waals surface area contributed by atoms with E-state index in [0.29, 0.717) is 0 Å². The van der Waals surface area contributed by atoms with Crippen molar-refractivity contribution < 1.29 is 27.5 Å². The van der Waals surface area contributed by atoms with Crippen LogP contribution in [0.1, 0.15) is 16.8 Å². The van der Waals surface area contributed by atoms with E-state index in [2.05, 4.69) is 19.8 Å². The normalized spacial score (nSPS) is 14.6. The number of fused-ring (bicyclic) bond motifs is 1. The van der Waals surface area contributed by atoms with Crippen LogP contribution in [0.15, 0.2) is 29.3 Å². The molecule has 0 fully saturated rings. The number of rotatable bonds is 3. The molecule has 1 aliphatic heterocycles. The van der Waals surface area contributed by atoms with E-state index in [1.165, 1.54) is 16.8 Å². The van der Waals surface area contributed by atoms with Crippen LogP contribution in [-0.2, 0) is 24.2 Å². The predicted octanol–water partition coefficient (Wildman–Crippen LogP) is 2.37. The molecule has 0 bridgehead atoms. The fraction of sp³-hybridized carbons (Fsp3) is 0.471. The number of furan rings is 1. The van der Waals surface area contributed by atoms with E-state index >= 15 is 0 Å². The largest absolute Gasteiger partial charge is 0.490 e. The molecule has 0 radical (unpaired) electrons. The molecule has 0 aliphatic carbocycles. The Morgan fingerprint density at radius 2 is 1.96 bits per heavy atom. The van der Waals surface area contributed by atoms with Crippen LogP contribution in [0.5, 0.6) is 0 Å². The van der Waals surface area contributed by atoms with Crippen LogP contribution in [0.25, 0.3) is 0 Å². The van der Waals surface area contributed by atoms with Gasteiger partial charge in [-0.1, -0.05) is 0 Å². The average Bonchev–Trinajstić information content (AvgIpc) is 3.01. The minimum absolute atomic E-state index is 0.940. The molecule has 0 saturated heterocycles. The van der Waals surface area contributed by atoms with Crippen LogP contribution in [0.3, 0.4) is 0 Å². The quantitative estimate of drug-likeness (QED) is 0.867. The van der Waals surface area contributed by atoms with Gasteiger partial charge in [0.15, 0.2) is 0 Å². The van der Waals surface area contributed by atoms with Crippen molar-refractivity contribution in [2.24, 2.45) is 0 Å². The zero-order valence-electron chi connectivity index (χ0n) is 15.0. The molecule has 7 nitrogen and oxygen atoms in total. The van der Waals surface area contributed by atoms with Gasteiger partial charge in [0.1, 0.15) is 12.1 Å². The van der Waals surface area contributed by atoms with Crippen LogP contribution in [0.2, 0.25) is 0 Å². The first kappa shape index (κ1) is 20.7. The van der Waals surface area contributed by atoms with Crippen molar-refractivity contribution in [3.63, 3.8) is 0 Å². The molecule has 2 aromatic rings. The Kier molecular flexibility index (Phi) is 6.78. The maximum Gasteiger partial charge on any atom is 0.490 e. The second-order valence-electron chi connectivity index (χ2n) is 6.23. The lowest BCUT2D eigenvalue weighted by molar-refractivity contribution is -0.192. The fourth-order valence-corrected chi connectivity index (χ4v) is 2.74. The van der Waals surface area contributed by atoms with E-state index in [0.717, 1.165) is 38.3 Å². The molecule has 1 N–H and O–H groups in total. The first-order valence-electron chi connectivity index (χ1n) is 8.22. The summed E-state index contributed by atoms with van der Waals surface area (Å²) in [4.78, 5) is 22.3. The summed E-state index contributed by atoms with van der Waals surface area (Å²) in [6, 6.07) is 2.03. The summed E-state index contributed by atoms with van der Waals surface area (Å²) in [5.74, 6) is -1.70. The van der Waals surface area contributed by atoms with Crippen molar-refractivity contribution in [3.05, 3.63) is 41.7 Å². The number of halogens is 3. The van der Waals surface area contributed by atoms with Gasteiger partial charge in [-0.15, -0.1) is 0 Å². The van der Waals surface area contributed by atoms with Crippen molar-refractivity contribution in [1.82, 2.24) is 14.9 Å². The van der Waals surface area contributed by atoms with Gasteiger partial charge in [-0.3, -0.25) is 4.90 Å². The summed E-state index contributed by atoms with van der Waals surface area (Å²) in [6.45, 7) is 3.00. The molecule has 1 aliphatic rings. The van der Waals surface area contributed by atoms with Crippen molar-refractivity contribution in [1.29, 1.82) is 0 Å². The van der Waals surface area contributed by atoms with Crippen LogP contribution in [0.4, 0.5) is 19.0 Å². The summed E-state index contributed by atoms with van der Waals surface area (Å²) >= 11 is 0. The summed E-state index contributed by atoms with van der Waals surface area (Å²) < 4.78 is 36.9. The molecule has 0 aromatic carbocycles. The number of aliphatic carboxylic acids is 1. The van der Waals surface area contributed by atoms with E-state index in [-0.39, 0.29) is 0 Å². The summed E-state index contributed by atoms with van der Waals surface area (Å²) in [5.41, 5.74) is 3.72. The summed E-state index contributed by atoms with van der Waals surface area (Å²) in [5, 5.41) is 7.12. The van der Waals surface area contributed by atoms with Gasteiger partial charge in [0.25, 0.3) is 0 Å². The van der Waals surface area contributed by atoms with Gasteiger partial charge in [-0.05, 0) is 12.5 Å². The number of carboxylic acid groups (broad SMARTS) is 1. The molecule has 0 amide bonds. The lowest BCUT2D eigenvalue weighted by Gasteiger charge is -2.19. The van der Waals surface area contributed by atoms with Gasteiger partial charge in [-0.2, -0.15) is 13.2 Å². The third kappa shape index (κ3) is 5.95. The number of carboxylic acids is 1. The highest BCUT2D eigenvalue weighted by atomic mass is 19.4. The van der Waals surface area contributed by atoms with E-state index in [1.807, 2.05) is 26.4 Å². The highest BCUT2D eigenvalue weighted by molar-refractivity contribution is 5.73. The maximum atomic E-state index is 10.6. The molecule has 27 heavy (non-hydrogen) atoms. The van der Waals surface area contributed by atoms with Crippen LogP contribution in [-0.4, -0.2) is 59.3 Å². The fourth-order valence-electron chi connectivity index (χ4n) is 2.74. The zero-order chi connectivity index (χ0) is 20.0. The number of alkyl halides is 3. The standard InChI is InChI=1S/C15H20N4O.C2HF3O2/c1-18(2)15-13-3-6-19(9-12-5-8-20-10-12)7-4-14(13)16-11-17-15;3-2(4,5)1(6)7/h5,8,10-11H,3-4,6-7,9H2,1-2H3;(H,6,7). The van der Waals surface area contributed by atoms with Crippen LogP contribution < -0.4 is 4.90 Å². The topological polar surface area (TPSA) is 82.7 Å². The Morgan fingerprint density at radius 1 is 1.30 bits per heavy atom. The van der Waals surface area contributed by atoms with Gasteiger partial charge in [-0.25, -0.2) is 14.8 Å². The number of nitrogens with zero attached hydrogens (tertiary/aromatic N) is 4. The smallest absolute Gasteiger partial charge is 0.475 e. The second-order valence-corrected chi connectivity index (χ2v) is 6.23. The van der Waals surface area contributed by atoms with Crippen molar-refractivity contribution >= 4 is 11.8 Å². The molecule has 148 valence electrons. The number of anilines is 1. The molecule has 2 aromatic heterocycles. The third-order valence-corrected chi connectivity index (χ3v) is 4.01.